The minimum absolute atomic E-state index is 0.0325. The fourth-order valence-corrected chi connectivity index (χ4v) is 3.04. The van der Waals surface area contributed by atoms with Gasteiger partial charge in [0.2, 0.25) is 0 Å². The molecule has 27 heavy (non-hydrogen) atoms. The third-order valence-electron chi connectivity index (χ3n) is 4.40. The molecule has 0 aliphatic heterocycles. The van der Waals surface area contributed by atoms with Gasteiger partial charge in [-0.2, -0.15) is 0 Å². The Hall–Kier alpha value is -2.49. The molecule has 2 aromatic carbocycles. The lowest BCUT2D eigenvalue weighted by molar-refractivity contribution is 0.102. The molecule has 0 unspecified atom stereocenters. The van der Waals surface area contributed by atoms with E-state index in [-0.39, 0.29) is 12.0 Å². The topological polar surface area (TPSA) is 47.6 Å². The SMILES string of the molecule is COc1cc(C(=O)Nc2c(C(C)C)cccc2C(C)C)ccc1OC(C)C. The van der Waals surface area contributed by atoms with Gasteiger partial charge in [-0.3, -0.25) is 4.79 Å². The van der Waals surface area contributed by atoms with Crippen LogP contribution in [-0.4, -0.2) is 19.1 Å². The molecule has 1 amide bonds. The molecule has 0 fully saturated rings. The molecule has 0 heterocycles. The van der Waals surface area contributed by atoms with Gasteiger partial charge in [-0.1, -0.05) is 45.9 Å². The number of anilines is 1. The molecule has 0 saturated heterocycles. The molecule has 4 heteroatoms. The van der Waals surface area contributed by atoms with Crippen LogP contribution < -0.4 is 14.8 Å². The Bertz CT molecular complexity index is 768. The van der Waals surface area contributed by atoms with Crippen LogP contribution in [0.1, 0.15) is 74.9 Å². The van der Waals surface area contributed by atoms with Crippen LogP contribution in [0.5, 0.6) is 11.5 Å². The lowest BCUT2D eigenvalue weighted by Gasteiger charge is -2.20. The van der Waals surface area contributed by atoms with E-state index < -0.39 is 0 Å². The molecule has 146 valence electrons. The normalized spacial score (nSPS) is 11.2. The molecule has 0 aromatic heterocycles. The molecule has 0 spiro atoms. The second-order valence-corrected chi connectivity index (χ2v) is 7.61. The van der Waals surface area contributed by atoms with Gasteiger partial charge < -0.3 is 14.8 Å². The highest BCUT2D eigenvalue weighted by Gasteiger charge is 2.18. The number of rotatable bonds is 7. The smallest absolute Gasteiger partial charge is 0.255 e. The van der Waals surface area contributed by atoms with Gasteiger partial charge in [-0.15, -0.1) is 0 Å². The quantitative estimate of drug-likeness (QED) is 0.653. The molecule has 2 aromatic rings. The van der Waals surface area contributed by atoms with Gasteiger partial charge in [0.05, 0.1) is 13.2 Å². The number of methoxy groups -OCH3 is 1. The second kappa shape index (κ2) is 8.94. The van der Waals surface area contributed by atoms with Gasteiger partial charge in [-0.05, 0) is 55.0 Å². The first-order valence-corrected chi connectivity index (χ1v) is 9.53. The van der Waals surface area contributed by atoms with E-state index in [2.05, 4.69) is 51.2 Å². The average Bonchev–Trinajstić information content (AvgIpc) is 2.61. The summed E-state index contributed by atoms with van der Waals surface area (Å²) in [5.74, 6) is 1.66. The maximum atomic E-state index is 13.0. The van der Waals surface area contributed by atoms with Gasteiger partial charge in [0.1, 0.15) is 0 Å². The number of nitrogens with one attached hydrogen (secondary N) is 1. The van der Waals surface area contributed by atoms with Gasteiger partial charge in [0.25, 0.3) is 5.91 Å². The standard InChI is InChI=1S/C23H31NO3/c1-14(2)18-9-8-10-19(15(3)4)22(18)24-23(25)17-11-12-20(27-16(5)6)21(13-17)26-7/h8-16H,1-7H3,(H,24,25). The number of ether oxygens (including phenoxy) is 2. The summed E-state index contributed by atoms with van der Waals surface area (Å²) in [5.41, 5.74) is 3.73. The van der Waals surface area contributed by atoms with E-state index in [1.807, 2.05) is 13.8 Å². The molecule has 2 rings (SSSR count). The summed E-state index contributed by atoms with van der Waals surface area (Å²) in [7, 11) is 1.58. The molecule has 0 radical (unpaired) electrons. The van der Waals surface area contributed by atoms with Crippen molar-refractivity contribution in [1.82, 2.24) is 0 Å². The van der Waals surface area contributed by atoms with Crippen LogP contribution in [0.3, 0.4) is 0 Å². The fourth-order valence-electron chi connectivity index (χ4n) is 3.04. The summed E-state index contributed by atoms with van der Waals surface area (Å²) in [6.07, 6.45) is 0.0325. The van der Waals surface area contributed by atoms with E-state index in [1.165, 1.54) is 0 Å². The number of hydrogen-bond acceptors (Lipinski definition) is 3. The van der Waals surface area contributed by atoms with Crippen molar-refractivity contribution in [2.75, 3.05) is 12.4 Å². The maximum Gasteiger partial charge on any atom is 0.255 e. The number of para-hydroxylation sites is 1. The second-order valence-electron chi connectivity index (χ2n) is 7.61. The zero-order valence-electron chi connectivity index (χ0n) is 17.4. The summed E-state index contributed by atoms with van der Waals surface area (Å²) in [4.78, 5) is 13.0. The van der Waals surface area contributed by atoms with Crippen molar-refractivity contribution in [2.24, 2.45) is 0 Å². The molecule has 0 bridgehead atoms. The van der Waals surface area contributed by atoms with E-state index >= 15 is 0 Å². The van der Waals surface area contributed by atoms with Crippen LogP contribution in [-0.2, 0) is 0 Å². The lowest BCUT2D eigenvalue weighted by Crippen LogP contribution is -2.16. The first-order valence-electron chi connectivity index (χ1n) is 9.53. The fraction of sp³-hybridized carbons (Fsp3) is 0.435. The molecule has 0 aliphatic carbocycles. The van der Waals surface area contributed by atoms with E-state index in [0.29, 0.717) is 28.9 Å². The number of benzene rings is 2. The number of amides is 1. The van der Waals surface area contributed by atoms with Crippen molar-refractivity contribution < 1.29 is 14.3 Å². The Balaban J connectivity index is 2.38. The first-order chi connectivity index (χ1) is 12.7. The van der Waals surface area contributed by atoms with Crippen molar-refractivity contribution >= 4 is 11.6 Å². The Morgan fingerprint density at radius 2 is 1.48 bits per heavy atom. The predicted octanol–water partition coefficient (Wildman–Crippen LogP) is 5.98. The van der Waals surface area contributed by atoms with Crippen LogP contribution in [0.25, 0.3) is 0 Å². The minimum Gasteiger partial charge on any atom is -0.493 e. The van der Waals surface area contributed by atoms with E-state index in [1.54, 1.807) is 25.3 Å². The number of carbonyl (C=O) groups is 1. The van der Waals surface area contributed by atoms with Crippen LogP contribution in [0.2, 0.25) is 0 Å². The summed E-state index contributed by atoms with van der Waals surface area (Å²) in [5, 5.41) is 3.13. The molecule has 0 saturated carbocycles. The summed E-state index contributed by atoms with van der Waals surface area (Å²) < 4.78 is 11.1. The highest BCUT2D eigenvalue weighted by atomic mass is 16.5. The molecular weight excluding hydrogens is 338 g/mol. The Morgan fingerprint density at radius 3 is 1.96 bits per heavy atom. The maximum absolute atomic E-state index is 13.0. The van der Waals surface area contributed by atoms with Gasteiger partial charge in [-0.25, -0.2) is 0 Å². The van der Waals surface area contributed by atoms with Crippen LogP contribution in [0, 0.1) is 0 Å². The van der Waals surface area contributed by atoms with Crippen LogP contribution in [0.4, 0.5) is 5.69 Å². The molecule has 0 atom stereocenters. The summed E-state index contributed by atoms with van der Waals surface area (Å²) in [6.45, 7) is 12.4. The Kier molecular flexibility index (Phi) is 6.89. The zero-order chi connectivity index (χ0) is 20.1. The highest BCUT2D eigenvalue weighted by Crippen LogP contribution is 2.34. The van der Waals surface area contributed by atoms with Gasteiger partial charge >= 0.3 is 0 Å². The molecular formula is C23H31NO3. The van der Waals surface area contributed by atoms with Crippen molar-refractivity contribution in [1.29, 1.82) is 0 Å². The van der Waals surface area contributed by atoms with Crippen LogP contribution >= 0.6 is 0 Å². The van der Waals surface area contributed by atoms with Crippen molar-refractivity contribution in [3.05, 3.63) is 53.1 Å². The molecule has 4 nitrogen and oxygen atoms in total. The first kappa shape index (κ1) is 20.8. The van der Waals surface area contributed by atoms with E-state index in [0.717, 1.165) is 16.8 Å². The Morgan fingerprint density at radius 1 is 0.889 bits per heavy atom. The number of carbonyl (C=O) groups excluding carboxylic acids is 1. The highest BCUT2D eigenvalue weighted by molar-refractivity contribution is 6.05. The molecule has 1 N–H and O–H groups in total. The van der Waals surface area contributed by atoms with Crippen molar-refractivity contribution in [2.45, 2.75) is 59.5 Å². The third-order valence-corrected chi connectivity index (χ3v) is 4.40. The van der Waals surface area contributed by atoms with Crippen molar-refractivity contribution in [3.63, 3.8) is 0 Å². The predicted molar refractivity (Wildman–Crippen MR) is 111 cm³/mol. The molecule has 0 aliphatic rings. The monoisotopic (exact) mass is 369 g/mol. The third kappa shape index (κ3) is 5.03. The largest absolute Gasteiger partial charge is 0.493 e. The summed E-state index contributed by atoms with van der Waals surface area (Å²) in [6, 6.07) is 11.5. The number of hydrogen-bond donors (Lipinski definition) is 1. The van der Waals surface area contributed by atoms with Crippen LogP contribution in [0.15, 0.2) is 36.4 Å². The average molecular weight is 370 g/mol. The van der Waals surface area contributed by atoms with E-state index in [4.69, 9.17) is 9.47 Å². The Labute approximate surface area is 162 Å². The van der Waals surface area contributed by atoms with Crippen molar-refractivity contribution in [3.8, 4) is 11.5 Å². The van der Waals surface area contributed by atoms with Gasteiger partial charge in [0.15, 0.2) is 11.5 Å². The van der Waals surface area contributed by atoms with E-state index in [9.17, 15) is 4.79 Å². The minimum atomic E-state index is -0.153. The zero-order valence-corrected chi connectivity index (χ0v) is 17.4. The summed E-state index contributed by atoms with van der Waals surface area (Å²) >= 11 is 0. The van der Waals surface area contributed by atoms with Gasteiger partial charge in [0, 0.05) is 11.3 Å². The lowest BCUT2D eigenvalue weighted by atomic mass is 9.92.